The molecule has 2 heterocycles. The minimum atomic E-state index is -0.389. The Morgan fingerprint density at radius 2 is 1.68 bits per heavy atom. The van der Waals surface area contributed by atoms with Gasteiger partial charge in [-0.1, -0.05) is 24.3 Å². The smallest absolute Gasteiger partial charge is 0.196 e. The van der Waals surface area contributed by atoms with E-state index in [2.05, 4.69) is 9.97 Å². The predicted octanol–water partition coefficient (Wildman–Crippen LogP) is 5.67. The average molecular weight is 511 g/mol. The van der Waals surface area contributed by atoms with E-state index >= 15 is 0 Å². The first-order valence-corrected chi connectivity index (χ1v) is 11.8. The van der Waals surface area contributed by atoms with Gasteiger partial charge < -0.3 is 14.2 Å². The molecular formula is C30H23FN2O5. The predicted molar refractivity (Wildman–Crippen MR) is 140 cm³/mol. The zero-order valence-corrected chi connectivity index (χ0v) is 20.7. The molecule has 0 bridgehead atoms. The van der Waals surface area contributed by atoms with E-state index in [4.69, 9.17) is 14.2 Å². The molecule has 5 rings (SSSR count). The minimum Gasteiger partial charge on any atom is -0.493 e. The number of pyridine rings is 2. The zero-order valence-electron chi connectivity index (χ0n) is 20.7. The summed E-state index contributed by atoms with van der Waals surface area (Å²) in [7, 11) is 3.12. The topological polar surface area (TPSA) is 87.6 Å². The molecule has 0 aliphatic heterocycles. The lowest BCUT2D eigenvalue weighted by atomic mass is 9.88. The van der Waals surface area contributed by atoms with Crippen molar-refractivity contribution in [3.8, 4) is 23.0 Å². The number of allylic oxidation sites excluding steroid dienone is 4. The highest BCUT2D eigenvalue weighted by Crippen LogP contribution is 2.36. The lowest BCUT2D eigenvalue weighted by molar-refractivity contribution is -0.118. The molecule has 0 N–H and O–H groups in total. The Hall–Kier alpha value is -4.85. The second-order valence-electron chi connectivity index (χ2n) is 8.53. The fourth-order valence-electron chi connectivity index (χ4n) is 4.24. The normalized spacial score (nSPS) is 13.1. The molecule has 190 valence electrons. The molecule has 8 heteroatoms. The van der Waals surface area contributed by atoms with E-state index in [0.717, 1.165) is 5.39 Å². The number of ketones is 2. The van der Waals surface area contributed by atoms with Crippen molar-refractivity contribution in [1.29, 1.82) is 0 Å². The van der Waals surface area contributed by atoms with Crippen LogP contribution in [0.5, 0.6) is 23.0 Å². The minimum absolute atomic E-state index is 0.0380. The van der Waals surface area contributed by atoms with Crippen molar-refractivity contribution in [2.24, 2.45) is 0 Å². The van der Waals surface area contributed by atoms with Crippen LogP contribution in [0, 0.1) is 5.82 Å². The Labute approximate surface area is 218 Å². The number of nitrogens with zero attached hydrogens (tertiary/aromatic N) is 2. The summed E-state index contributed by atoms with van der Waals surface area (Å²) < 4.78 is 30.1. The number of aromatic nitrogens is 2. The van der Waals surface area contributed by atoms with E-state index in [0.29, 0.717) is 51.8 Å². The van der Waals surface area contributed by atoms with Gasteiger partial charge in [-0.2, -0.15) is 0 Å². The summed E-state index contributed by atoms with van der Waals surface area (Å²) in [5, 5.41) is 0.733. The molecule has 0 fully saturated rings. The first-order valence-electron chi connectivity index (χ1n) is 11.8. The van der Waals surface area contributed by atoms with Crippen molar-refractivity contribution in [3.63, 3.8) is 0 Å². The summed E-state index contributed by atoms with van der Waals surface area (Å²) in [5.74, 6) is 1.05. The molecule has 7 nitrogen and oxygen atoms in total. The molecule has 0 saturated carbocycles. The Balaban J connectivity index is 1.29. The third kappa shape index (κ3) is 5.01. The van der Waals surface area contributed by atoms with Gasteiger partial charge >= 0.3 is 0 Å². The Morgan fingerprint density at radius 1 is 0.921 bits per heavy atom. The van der Waals surface area contributed by atoms with Gasteiger partial charge in [-0.15, -0.1) is 0 Å². The van der Waals surface area contributed by atoms with Crippen molar-refractivity contribution in [3.05, 3.63) is 102 Å². The molecule has 0 unspecified atom stereocenters. The van der Waals surface area contributed by atoms with Crippen LogP contribution >= 0.6 is 0 Å². The second kappa shape index (κ2) is 10.6. The standard InChI is InChI=1S/C30H23FN2O5/c1-36-28-15-24-25(16-29(28)37-2)32-13-12-27(24)38-21-11-10-20(33-17-21)14-26(34)23-5-3-4-22(30(23)35)18-6-8-19(31)9-7-18/h4-13,15-17H,3,14H2,1-2H3. The van der Waals surface area contributed by atoms with E-state index < -0.39 is 0 Å². The van der Waals surface area contributed by atoms with Gasteiger partial charge in [0.2, 0.25) is 0 Å². The van der Waals surface area contributed by atoms with Crippen LogP contribution in [0.2, 0.25) is 0 Å². The highest BCUT2D eigenvalue weighted by molar-refractivity contribution is 6.38. The highest BCUT2D eigenvalue weighted by Gasteiger charge is 2.25. The van der Waals surface area contributed by atoms with Gasteiger partial charge in [0.05, 0.1) is 37.9 Å². The molecular weight excluding hydrogens is 487 g/mol. The molecule has 1 aliphatic rings. The zero-order chi connectivity index (χ0) is 26.6. The number of methoxy groups -OCH3 is 2. The van der Waals surface area contributed by atoms with Crippen LogP contribution in [0.1, 0.15) is 17.7 Å². The number of rotatable bonds is 8. The van der Waals surface area contributed by atoms with Crippen LogP contribution in [-0.2, 0) is 16.0 Å². The Kier molecular flexibility index (Phi) is 6.95. The maximum Gasteiger partial charge on any atom is 0.196 e. The van der Waals surface area contributed by atoms with Gasteiger partial charge in [0.25, 0.3) is 0 Å². The summed E-state index contributed by atoms with van der Waals surface area (Å²) in [6.07, 6.45) is 6.92. The van der Waals surface area contributed by atoms with Crippen molar-refractivity contribution >= 4 is 28.0 Å². The van der Waals surface area contributed by atoms with Crippen LogP contribution in [0.4, 0.5) is 4.39 Å². The van der Waals surface area contributed by atoms with Crippen LogP contribution in [-0.4, -0.2) is 35.8 Å². The maximum atomic E-state index is 13.3. The van der Waals surface area contributed by atoms with Gasteiger partial charge in [-0.05, 0) is 48.4 Å². The molecule has 0 saturated heterocycles. The van der Waals surface area contributed by atoms with E-state index in [-0.39, 0.29) is 29.4 Å². The number of Topliss-reactive ketones (excluding diaryl/α,β-unsaturated/α-hetero) is 2. The lowest BCUT2D eigenvalue weighted by Crippen LogP contribution is -2.19. The molecule has 0 radical (unpaired) electrons. The first kappa shape index (κ1) is 24.8. The number of benzene rings is 2. The lowest BCUT2D eigenvalue weighted by Gasteiger charge is -2.14. The summed E-state index contributed by atoms with van der Waals surface area (Å²) in [5.41, 5.74) is 2.26. The second-order valence-corrected chi connectivity index (χ2v) is 8.53. The van der Waals surface area contributed by atoms with Crippen molar-refractivity contribution < 1.29 is 28.2 Å². The molecule has 4 aromatic rings. The molecule has 38 heavy (non-hydrogen) atoms. The quantitative estimate of drug-likeness (QED) is 0.282. The number of hydrogen-bond donors (Lipinski definition) is 0. The van der Waals surface area contributed by atoms with E-state index in [9.17, 15) is 14.0 Å². The van der Waals surface area contributed by atoms with Crippen LogP contribution in [0.15, 0.2) is 84.7 Å². The van der Waals surface area contributed by atoms with E-state index in [1.165, 1.54) is 30.5 Å². The van der Waals surface area contributed by atoms with Gasteiger partial charge in [-0.25, -0.2) is 4.39 Å². The van der Waals surface area contributed by atoms with Crippen LogP contribution < -0.4 is 14.2 Å². The fourth-order valence-corrected chi connectivity index (χ4v) is 4.24. The van der Waals surface area contributed by atoms with Crippen LogP contribution in [0.3, 0.4) is 0 Å². The van der Waals surface area contributed by atoms with Gasteiger partial charge in [0.1, 0.15) is 17.3 Å². The van der Waals surface area contributed by atoms with Crippen molar-refractivity contribution in [2.45, 2.75) is 12.8 Å². The molecule has 2 aromatic carbocycles. The number of halogens is 1. The number of ether oxygens (including phenoxy) is 3. The highest BCUT2D eigenvalue weighted by atomic mass is 19.1. The van der Waals surface area contributed by atoms with Gasteiger partial charge in [0, 0.05) is 28.9 Å². The third-order valence-electron chi connectivity index (χ3n) is 6.16. The average Bonchev–Trinajstić information content (AvgIpc) is 2.94. The van der Waals surface area contributed by atoms with E-state index in [1.807, 2.05) is 0 Å². The number of fused-ring (bicyclic) bond motifs is 1. The monoisotopic (exact) mass is 510 g/mol. The molecule has 0 spiro atoms. The summed E-state index contributed by atoms with van der Waals surface area (Å²) in [6, 6.07) is 14.3. The largest absolute Gasteiger partial charge is 0.493 e. The number of carbonyl (C=O) groups is 2. The number of hydrogen-bond acceptors (Lipinski definition) is 7. The molecule has 0 amide bonds. The van der Waals surface area contributed by atoms with Gasteiger partial charge in [-0.3, -0.25) is 19.6 Å². The molecule has 2 aromatic heterocycles. The summed E-state index contributed by atoms with van der Waals surface area (Å²) in [6.45, 7) is 0. The third-order valence-corrected chi connectivity index (χ3v) is 6.16. The van der Waals surface area contributed by atoms with E-state index in [1.54, 1.807) is 62.9 Å². The fraction of sp³-hybridized carbons (Fsp3) is 0.133. The molecule has 1 aliphatic carbocycles. The Bertz CT molecular complexity index is 1590. The molecule has 0 atom stereocenters. The Morgan fingerprint density at radius 3 is 2.39 bits per heavy atom. The number of carbonyl (C=O) groups excluding carboxylic acids is 2. The summed E-state index contributed by atoms with van der Waals surface area (Å²) >= 11 is 0. The maximum absolute atomic E-state index is 13.3. The van der Waals surface area contributed by atoms with Crippen molar-refractivity contribution in [2.75, 3.05) is 14.2 Å². The van der Waals surface area contributed by atoms with Gasteiger partial charge in [0.15, 0.2) is 23.1 Å². The van der Waals surface area contributed by atoms with Crippen molar-refractivity contribution in [1.82, 2.24) is 9.97 Å². The summed E-state index contributed by atoms with van der Waals surface area (Å²) in [4.78, 5) is 34.7. The SMILES string of the molecule is COc1cc2nccc(Oc3ccc(CC(=O)C4=CCC=C(c5ccc(F)cc5)C4=O)nc3)c2cc1OC. The first-order chi connectivity index (χ1) is 18.5. The van der Waals surface area contributed by atoms with Crippen LogP contribution in [0.25, 0.3) is 16.5 Å².